The van der Waals surface area contributed by atoms with Crippen molar-refractivity contribution in [2.24, 2.45) is 0 Å². The third-order valence-corrected chi connectivity index (χ3v) is 2.83. The van der Waals surface area contributed by atoms with Crippen LogP contribution in [0.5, 0.6) is 0 Å². The lowest BCUT2D eigenvalue weighted by molar-refractivity contribution is -0.134. The van der Waals surface area contributed by atoms with Crippen molar-refractivity contribution in [1.29, 1.82) is 0 Å². The maximum atomic E-state index is 11.3. The molecule has 0 unspecified atom stereocenters. The number of phosphoric acid groups is 1. The SMILES string of the molecule is COC(=O)/C=C/COP1(=O)OCCO1. The minimum absolute atomic E-state index is 0.0215. The Morgan fingerprint density at radius 1 is 1.50 bits per heavy atom. The Morgan fingerprint density at radius 2 is 2.14 bits per heavy atom. The fraction of sp³-hybridized carbons (Fsp3) is 0.571. The van der Waals surface area contributed by atoms with Crippen LogP contribution in [0.1, 0.15) is 0 Å². The number of methoxy groups -OCH3 is 1. The molecule has 1 heterocycles. The van der Waals surface area contributed by atoms with Gasteiger partial charge in [-0.15, -0.1) is 0 Å². The number of phosphoric ester groups is 1. The molecule has 0 aliphatic carbocycles. The van der Waals surface area contributed by atoms with Crippen molar-refractivity contribution in [2.45, 2.75) is 0 Å². The molecule has 7 heteroatoms. The molecule has 1 rings (SSSR count). The molecule has 0 bridgehead atoms. The number of carbonyl (C=O) groups excluding carboxylic acids is 1. The van der Waals surface area contributed by atoms with Gasteiger partial charge in [-0.3, -0.25) is 13.6 Å². The third-order valence-electron chi connectivity index (χ3n) is 1.37. The molecule has 1 saturated heterocycles. The van der Waals surface area contributed by atoms with E-state index in [4.69, 9.17) is 13.6 Å². The average molecular weight is 222 g/mol. The lowest BCUT2D eigenvalue weighted by Gasteiger charge is -2.06. The molecule has 0 atom stereocenters. The lowest BCUT2D eigenvalue weighted by atomic mass is 10.5. The summed E-state index contributed by atoms with van der Waals surface area (Å²) in [6.45, 7) is 0.502. The van der Waals surface area contributed by atoms with E-state index in [1.54, 1.807) is 0 Å². The van der Waals surface area contributed by atoms with E-state index >= 15 is 0 Å². The van der Waals surface area contributed by atoms with Crippen molar-refractivity contribution in [1.82, 2.24) is 0 Å². The first-order valence-electron chi connectivity index (χ1n) is 3.94. The fourth-order valence-corrected chi connectivity index (χ4v) is 1.85. The summed E-state index contributed by atoms with van der Waals surface area (Å²) in [4.78, 5) is 10.6. The van der Waals surface area contributed by atoms with Gasteiger partial charge in [-0.25, -0.2) is 9.36 Å². The van der Waals surface area contributed by atoms with Crippen LogP contribution in [-0.4, -0.2) is 32.9 Å². The van der Waals surface area contributed by atoms with Crippen LogP contribution in [0.4, 0.5) is 0 Å². The minimum atomic E-state index is -3.34. The van der Waals surface area contributed by atoms with Gasteiger partial charge in [0, 0.05) is 6.08 Å². The molecule has 0 N–H and O–H groups in total. The van der Waals surface area contributed by atoms with Gasteiger partial charge in [0.15, 0.2) is 0 Å². The summed E-state index contributed by atoms with van der Waals surface area (Å²) in [6.07, 6.45) is 2.54. The number of hydrogen-bond donors (Lipinski definition) is 0. The first-order chi connectivity index (χ1) is 6.66. The zero-order chi connectivity index (χ0) is 10.4. The third kappa shape index (κ3) is 3.59. The van der Waals surface area contributed by atoms with Crippen molar-refractivity contribution in [3.63, 3.8) is 0 Å². The first-order valence-corrected chi connectivity index (χ1v) is 5.40. The molecule has 14 heavy (non-hydrogen) atoms. The van der Waals surface area contributed by atoms with E-state index in [0.29, 0.717) is 0 Å². The Hall–Kier alpha value is -0.680. The second-order valence-corrected chi connectivity index (χ2v) is 4.00. The standard InChI is InChI=1S/C7H11O6P/c1-10-7(8)3-2-4-11-14(9)12-5-6-13-14/h2-3H,4-6H2,1H3/b3-2+. The highest BCUT2D eigenvalue weighted by Crippen LogP contribution is 2.52. The van der Waals surface area contributed by atoms with Gasteiger partial charge < -0.3 is 4.74 Å². The van der Waals surface area contributed by atoms with Crippen LogP contribution in [0.3, 0.4) is 0 Å². The van der Waals surface area contributed by atoms with Gasteiger partial charge >= 0.3 is 13.8 Å². The molecule has 0 amide bonds. The fourth-order valence-electron chi connectivity index (χ4n) is 0.757. The second kappa shape index (κ2) is 5.26. The van der Waals surface area contributed by atoms with Crippen molar-refractivity contribution >= 4 is 13.8 Å². The molecule has 0 aromatic heterocycles. The van der Waals surface area contributed by atoms with Crippen LogP contribution in [0.15, 0.2) is 12.2 Å². The van der Waals surface area contributed by atoms with E-state index < -0.39 is 13.8 Å². The van der Waals surface area contributed by atoms with Crippen LogP contribution in [0.25, 0.3) is 0 Å². The molecule has 6 nitrogen and oxygen atoms in total. The summed E-state index contributed by atoms with van der Waals surface area (Å²) in [5, 5.41) is 0. The van der Waals surface area contributed by atoms with Gasteiger partial charge in [0.25, 0.3) is 0 Å². The van der Waals surface area contributed by atoms with Gasteiger partial charge in [0.1, 0.15) is 0 Å². The Kier molecular flexibility index (Phi) is 4.28. The molecule has 1 aliphatic rings. The number of carbonyl (C=O) groups is 1. The topological polar surface area (TPSA) is 71.1 Å². The Balaban J connectivity index is 2.24. The van der Waals surface area contributed by atoms with E-state index in [9.17, 15) is 9.36 Å². The molecule has 1 fully saturated rings. The summed E-state index contributed by atoms with van der Waals surface area (Å²) in [5.41, 5.74) is 0. The Morgan fingerprint density at radius 3 is 2.71 bits per heavy atom. The van der Waals surface area contributed by atoms with Crippen molar-refractivity contribution in [3.8, 4) is 0 Å². The number of hydrogen-bond acceptors (Lipinski definition) is 6. The Labute approximate surface area is 81.4 Å². The minimum Gasteiger partial charge on any atom is -0.466 e. The smallest absolute Gasteiger partial charge is 0.466 e. The quantitative estimate of drug-likeness (QED) is 0.399. The highest BCUT2D eigenvalue weighted by molar-refractivity contribution is 7.48. The van der Waals surface area contributed by atoms with E-state index in [1.807, 2.05) is 0 Å². The molecule has 0 spiro atoms. The first kappa shape index (κ1) is 11.4. The molecule has 0 aromatic carbocycles. The maximum Gasteiger partial charge on any atom is 0.475 e. The summed E-state index contributed by atoms with van der Waals surface area (Å²) >= 11 is 0. The summed E-state index contributed by atoms with van der Waals surface area (Å²) in [5.74, 6) is -0.500. The lowest BCUT2D eigenvalue weighted by Crippen LogP contribution is -1.96. The molecular weight excluding hydrogens is 211 g/mol. The number of esters is 1. The highest BCUT2D eigenvalue weighted by Gasteiger charge is 2.31. The van der Waals surface area contributed by atoms with Gasteiger partial charge in [-0.2, -0.15) is 0 Å². The van der Waals surface area contributed by atoms with Gasteiger partial charge in [0.2, 0.25) is 0 Å². The normalized spacial score (nSPS) is 20.1. The van der Waals surface area contributed by atoms with Crippen molar-refractivity contribution < 1.29 is 27.7 Å². The number of ether oxygens (including phenoxy) is 1. The van der Waals surface area contributed by atoms with Crippen LogP contribution >= 0.6 is 7.82 Å². The van der Waals surface area contributed by atoms with E-state index in [2.05, 4.69) is 4.74 Å². The Bertz CT molecular complexity index is 263. The zero-order valence-electron chi connectivity index (χ0n) is 7.67. The highest BCUT2D eigenvalue weighted by atomic mass is 31.2. The molecule has 80 valence electrons. The second-order valence-electron chi connectivity index (χ2n) is 2.33. The molecule has 0 radical (unpaired) electrons. The van der Waals surface area contributed by atoms with Crippen LogP contribution in [0, 0.1) is 0 Å². The molecule has 0 saturated carbocycles. The number of rotatable bonds is 4. The van der Waals surface area contributed by atoms with E-state index in [-0.39, 0.29) is 19.8 Å². The summed E-state index contributed by atoms with van der Waals surface area (Å²) in [6, 6.07) is 0. The van der Waals surface area contributed by atoms with Crippen LogP contribution in [0.2, 0.25) is 0 Å². The molecule has 1 aliphatic heterocycles. The van der Waals surface area contributed by atoms with E-state index in [0.717, 1.165) is 0 Å². The van der Waals surface area contributed by atoms with Gasteiger partial charge in [-0.05, 0) is 0 Å². The summed E-state index contributed by atoms with van der Waals surface area (Å²) in [7, 11) is -2.08. The van der Waals surface area contributed by atoms with Crippen molar-refractivity contribution in [2.75, 3.05) is 26.9 Å². The molecule has 0 aromatic rings. The maximum absolute atomic E-state index is 11.3. The van der Waals surface area contributed by atoms with Gasteiger partial charge in [-0.1, -0.05) is 6.08 Å². The monoisotopic (exact) mass is 222 g/mol. The van der Waals surface area contributed by atoms with Crippen LogP contribution in [-0.2, 0) is 27.7 Å². The van der Waals surface area contributed by atoms with Crippen LogP contribution < -0.4 is 0 Å². The van der Waals surface area contributed by atoms with Crippen molar-refractivity contribution in [3.05, 3.63) is 12.2 Å². The molecular formula is C7H11O6P. The van der Waals surface area contributed by atoms with Gasteiger partial charge in [0.05, 0.1) is 26.9 Å². The van der Waals surface area contributed by atoms with E-state index in [1.165, 1.54) is 19.3 Å². The average Bonchev–Trinajstić information content (AvgIpc) is 2.60. The largest absolute Gasteiger partial charge is 0.475 e. The predicted octanol–water partition coefficient (Wildman–Crippen LogP) is 0.887. The zero-order valence-corrected chi connectivity index (χ0v) is 8.57. The summed E-state index contributed by atoms with van der Waals surface area (Å²) < 4.78 is 29.9. The predicted molar refractivity (Wildman–Crippen MR) is 46.6 cm³/mol.